The first-order chi connectivity index (χ1) is 3.92. The summed E-state index contributed by atoms with van der Waals surface area (Å²) in [7, 11) is 0. The minimum Gasteiger partial charge on any atom is -0.477 e. The summed E-state index contributed by atoms with van der Waals surface area (Å²) in [5.41, 5.74) is 0. The van der Waals surface area contributed by atoms with Crippen molar-refractivity contribution < 1.29 is 20.1 Å². The summed E-state index contributed by atoms with van der Waals surface area (Å²) in [6.45, 7) is 0.951. The second-order valence-electron chi connectivity index (χ2n) is 1.57. The quantitative estimate of drug-likeness (QED) is 0.326. The number of hydrogen-bond acceptors (Lipinski definition) is 4. The summed E-state index contributed by atoms with van der Waals surface area (Å²) < 4.78 is 0. The van der Waals surface area contributed by atoms with Crippen LogP contribution in [-0.2, 0) is 4.79 Å². The average Bonchev–Trinajstić information content (AvgIpc) is 1.59. The maximum absolute atomic E-state index is 9.67. The molecule has 0 aliphatic carbocycles. The Morgan fingerprint density at radius 1 is 1.67 bits per heavy atom. The van der Waals surface area contributed by atoms with Crippen molar-refractivity contribution in [2.45, 2.75) is 12.8 Å². The van der Waals surface area contributed by atoms with Crippen LogP contribution in [0.25, 0.3) is 0 Å². The lowest BCUT2D eigenvalue weighted by Gasteiger charge is -2.06. The van der Waals surface area contributed by atoms with Crippen molar-refractivity contribution in [3.05, 3.63) is 0 Å². The number of carboxylic acids is 1. The molecule has 0 rings (SSSR count). The van der Waals surface area contributed by atoms with Crippen LogP contribution in [0.5, 0.6) is 0 Å². The molecule has 0 aromatic rings. The highest BCUT2D eigenvalue weighted by atomic mass is 16.5. The fraction of sp³-hybridized carbons (Fsp3) is 0.500. The third kappa shape index (κ3) is 7.06. The van der Waals surface area contributed by atoms with Gasteiger partial charge in [-0.3, -0.25) is 0 Å². The highest BCUT2D eigenvalue weighted by Crippen LogP contribution is 1.95. The number of carbonyl (C=O) groups is 1. The zero-order chi connectivity index (χ0) is 7.49. The van der Waals surface area contributed by atoms with Crippen LogP contribution in [0.3, 0.4) is 0 Å². The molecule has 9 heavy (non-hydrogen) atoms. The van der Waals surface area contributed by atoms with Crippen molar-refractivity contribution in [3.63, 3.8) is 0 Å². The Morgan fingerprint density at radius 3 is 2.22 bits per heavy atom. The SMILES string of the molecule is CC(O)(O)/N=C/C(=O)O. The second-order valence-corrected chi connectivity index (χ2v) is 1.57. The van der Waals surface area contributed by atoms with Gasteiger partial charge in [0.15, 0.2) is 0 Å². The van der Waals surface area contributed by atoms with Gasteiger partial charge in [-0.2, -0.15) is 0 Å². The Balaban J connectivity index is 3.86. The Kier molecular flexibility index (Phi) is 2.29. The molecule has 0 saturated carbocycles. The van der Waals surface area contributed by atoms with E-state index in [9.17, 15) is 4.79 Å². The molecule has 3 N–H and O–H groups in total. The number of aliphatic carboxylic acids is 1. The molecule has 0 heterocycles. The van der Waals surface area contributed by atoms with E-state index in [1.807, 2.05) is 0 Å². The molecule has 0 amide bonds. The van der Waals surface area contributed by atoms with E-state index in [-0.39, 0.29) is 0 Å². The van der Waals surface area contributed by atoms with Crippen molar-refractivity contribution in [2.24, 2.45) is 4.99 Å². The molecule has 0 spiro atoms. The topological polar surface area (TPSA) is 90.1 Å². The van der Waals surface area contributed by atoms with Gasteiger partial charge < -0.3 is 15.3 Å². The number of nitrogens with zero attached hydrogens (tertiary/aromatic N) is 1. The maximum Gasteiger partial charge on any atom is 0.346 e. The summed E-state index contributed by atoms with van der Waals surface area (Å²) >= 11 is 0. The summed E-state index contributed by atoms with van der Waals surface area (Å²) in [6, 6.07) is 0. The first kappa shape index (κ1) is 8.06. The van der Waals surface area contributed by atoms with Crippen LogP contribution in [0.1, 0.15) is 6.92 Å². The molecule has 0 saturated heterocycles. The zero-order valence-corrected chi connectivity index (χ0v) is 4.77. The summed E-state index contributed by atoms with van der Waals surface area (Å²) in [4.78, 5) is 12.5. The molecule has 52 valence electrons. The van der Waals surface area contributed by atoms with Gasteiger partial charge in [-0.25, -0.2) is 9.79 Å². The van der Waals surface area contributed by atoms with Gasteiger partial charge in [0.25, 0.3) is 5.91 Å². The van der Waals surface area contributed by atoms with Gasteiger partial charge in [0, 0.05) is 6.92 Å². The van der Waals surface area contributed by atoms with E-state index >= 15 is 0 Å². The van der Waals surface area contributed by atoms with E-state index < -0.39 is 11.9 Å². The van der Waals surface area contributed by atoms with E-state index in [4.69, 9.17) is 15.3 Å². The Bertz CT molecular complexity index is 134. The van der Waals surface area contributed by atoms with Crippen molar-refractivity contribution in [1.82, 2.24) is 0 Å². The molecule has 5 nitrogen and oxygen atoms in total. The molecular weight excluding hydrogens is 126 g/mol. The molecule has 0 aromatic heterocycles. The largest absolute Gasteiger partial charge is 0.477 e. The van der Waals surface area contributed by atoms with Crippen LogP contribution in [0.15, 0.2) is 4.99 Å². The number of carboxylic acid groups (broad SMARTS) is 1. The molecule has 0 aromatic carbocycles. The smallest absolute Gasteiger partial charge is 0.346 e. The van der Waals surface area contributed by atoms with Crippen molar-refractivity contribution in [1.29, 1.82) is 0 Å². The molecule has 0 unspecified atom stereocenters. The van der Waals surface area contributed by atoms with E-state index in [0.717, 1.165) is 6.92 Å². The summed E-state index contributed by atoms with van der Waals surface area (Å²) in [5.74, 6) is -3.59. The lowest BCUT2D eigenvalue weighted by Crippen LogP contribution is -2.20. The van der Waals surface area contributed by atoms with E-state index in [1.54, 1.807) is 0 Å². The second kappa shape index (κ2) is 2.56. The standard InChI is InChI=1S/C4H7NO4/c1-4(8,9)5-2-3(6)7/h2,8-9H,1H3,(H,6,7)/b5-2+. The Hall–Kier alpha value is -0.940. The molecule has 0 bridgehead atoms. The highest BCUT2D eigenvalue weighted by Gasteiger charge is 2.10. The minimum atomic E-state index is -2.28. The van der Waals surface area contributed by atoms with Gasteiger partial charge in [-0.05, 0) is 0 Å². The number of aliphatic imine (C=N–C) groups is 1. The third-order valence-electron chi connectivity index (χ3n) is 0.420. The summed E-state index contributed by atoms with van der Waals surface area (Å²) in [6.07, 6.45) is 0.417. The van der Waals surface area contributed by atoms with Crippen LogP contribution in [0, 0.1) is 0 Å². The fourth-order valence-corrected chi connectivity index (χ4v) is 0.178. The highest BCUT2D eigenvalue weighted by molar-refractivity contribution is 6.22. The fourth-order valence-electron chi connectivity index (χ4n) is 0.178. The predicted molar refractivity (Wildman–Crippen MR) is 29.0 cm³/mol. The normalized spacial score (nSPS) is 12.3. The van der Waals surface area contributed by atoms with E-state index in [1.165, 1.54) is 0 Å². The molecular formula is C4H7NO4. The van der Waals surface area contributed by atoms with Crippen LogP contribution in [-0.4, -0.2) is 33.4 Å². The number of rotatable bonds is 2. The van der Waals surface area contributed by atoms with Crippen LogP contribution in [0.4, 0.5) is 0 Å². The monoisotopic (exact) mass is 133 g/mol. The molecule has 0 radical (unpaired) electrons. The Labute approximate surface area is 51.3 Å². The minimum absolute atomic E-state index is 0.417. The predicted octanol–water partition coefficient (Wildman–Crippen LogP) is -1.20. The zero-order valence-electron chi connectivity index (χ0n) is 4.77. The van der Waals surface area contributed by atoms with Gasteiger partial charge in [-0.15, -0.1) is 0 Å². The molecule has 0 aliphatic rings. The van der Waals surface area contributed by atoms with E-state index in [0.29, 0.717) is 6.21 Å². The average molecular weight is 133 g/mol. The van der Waals surface area contributed by atoms with Gasteiger partial charge in [0.05, 0.1) is 0 Å². The lowest BCUT2D eigenvalue weighted by molar-refractivity contribution is -0.139. The first-order valence-corrected chi connectivity index (χ1v) is 2.15. The van der Waals surface area contributed by atoms with Gasteiger partial charge in [0.1, 0.15) is 6.21 Å². The third-order valence-corrected chi connectivity index (χ3v) is 0.420. The molecule has 0 aliphatic heterocycles. The molecule has 0 atom stereocenters. The first-order valence-electron chi connectivity index (χ1n) is 2.15. The van der Waals surface area contributed by atoms with Crippen LogP contribution >= 0.6 is 0 Å². The van der Waals surface area contributed by atoms with Gasteiger partial charge in [0.2, 0.25) is 0 Å². The lowest BCUT2D eigenvalue weighted by atomic mass is 10.6. The van der Waals surface area contributed by atoms with Crippen LogP contribution in [0.2, 0.25) is 0 Å². The molecule has 5 heteroatoms. The maximum atomic E-state index is 9.67. The van der Waals surface area contributed by atoms with Crippen molar-refractivity contribution >= 4 is 12.2 Å². The summed E-state index contributed by atoms with van der Waals surface area (Å²) in [5, 5.41) is 24.6. The number of aliphatic hydroxyl groups is 2. The van der Waals surface area contributed by atoms with Crippen molar-refractivity contribution in [2.75, 3.05) is 0 Å². The van der Waals surface area contributed by atoms with Crippen LogP contribution < -0.4 is 0 Å². The van der Waals surface area contributed by atoms with Crippen molar-refractivity contribution in [3.8, 4) is 0 Å². The molecule has 0 fully saturated rings. The van der Waals surface area contributed by atoms with E-state index in [2.05, 4.69) is 4.99 Å². The number of hydrogen-bond donors (Lipinski definition) is 3. The van der Waals surface area contributed by atoms with Gasteiger partial charge in [-0.1, -0.05) is 0 Å². The van der Waals surface area contributed by atoms with Gasteiger partial charge >= 0.3 is 5.97 Å². The Morgan fingerprint density at radius 2 is 2.11 bits per heavy atom.